The number of esters is 1. The summed E-state index contributed by atoms with van der Waals surface area (Å²) in [7, 11) is 2.04. The van der Waals surface area contributed by atoms with E-state index in [1.54, 1.807) is 19.2 Å². The topological polar surface area (TPSA) is 81.0 Å². The van der Waals surface area contributed by atoms with Crippen molar-refractivity contribution in [1.29, 1.82) is 0 Å². The maximum atomic E-state index is 13.1. The van der Waals surface area contributed by atoms with Gasteiger partial charge in [0.15, 0.2) is 5.43 Å². The van der Waals surface area contributed by atoms with Crippen molar-refractivity contribution in [1.82, 2.24) is 9.47 Å². The van der Waals surface area contributed by atoms with E-state index < -0.39 is 5.97 Å². The van der Waals surface area contributed by atoms with Crippen LogP contribution in [0.3, 0.4) is 0 Å². The monoisotopic (exact) mass is 482 g/mol. The average Bonchev–Trinajstić information content (AvgIpc) is 2.80. The Morgan fingerprint density at radius 1 is 1.23 bits per heavy atom. The summed E-state index contributed by atoms with van der Waals surface area (Å²) in [6.07, 6.45) is 2.49. The summed E-state index contributed by atoms with van der Waals surface area (Å²) in [5.41, 5.74) is 2.35. The molecule has 190 valence electrons. The van der Waals surface area contributed by atoms with E-state index in [1.807, 2.05) is 25.2 Å². The third-order valence-corrected chi connectivity index (χ3v) is 6.57. The number of carbonyl (C=O) groups excluding carboxylic acids is 1. The van der Waals surface area contributed by atoms with Crippen molar-refractivity contribution in [3.8, 4) is 5.75 Å². The first-order chi connectivity index (χ1) is 16.5. The molecule has 35 heavy (non-hydrogen) atoms. The minimum atomic E-state index is -0.601. The van der Waals surface area contributed by atoms with Crippen LogP contribution in [0.2, 0.25) is 0 Å². The van der Waals surface area contributed by atoms with E-state index in [4.69, 9.17) is 9.47 Å². The standard InChI is InChI=1S/C28H38N2O5/c1-8-18(3)25-19(11-10-12-23(25)35-14-13-31)26-21-15-22(32)20(27(33)34-9-2)16-30(21)24(17-29(26)7)28(4,5)6/h10-12,15-16,24,31H,8-9,13-14,17H2,1-7H3/b25-18+,26-19-. The third-order valence-electron chi connectivity index (χ3n) is 6.57. The number of aliphatic hydroxyl groups excluding tert-OH is 1. The fourth-order valence-corrected chi connectivity index (χ4v) is 4.65. The van der Waals surface area contributed by atoms with Crippen LogP contribution in [0.25, 0.3) is 11.3 Å². The highest BCUT2D eigenvalue weighted by atomic mass is 16.5. The molecule has 0 bridgehead atoms. The highest BCUT2D eigenvalue weighted by molar-refractivity contribution is 5.89. The van der Waals surface area contributed by atoms with Crippen LogP contribution in [0.5, 0.6) is 5.75 Å². The van der Waals surface area contributed by atoms with Crippen LogP contribution in [0.15, 0.2) is 35.3 Å². The summed E-state index contributed by atoms with van der Waals surface area (Å²) >= 11 is 0. The van der Waals surface area contributed by atoms with E-state index in [1.165, 1.54) is 0 Å². The molecule has 7 heteroatoms. The van der Waals surface area contributed by atoms with Crippen LogP contribution in [0, 0.1) is 5.41 Å². The molecule has 0 saturated heterocycles. The van der Waals surface area contributed by atoms with Gasteiger partial charge in [-0.2, -0.15) is 0 Å². The lowest BCUT2D eigenvalue weighted by atomic mass is 9.84. The summed E-state index contributed by atoms with van der Waals surface area (Å²) in [5, 5.41) is 11.2. The second-order valence-corrected chi connectivity index (χ2v) is 10.1. The Morgan fingerprint density at radius 3 is 2.54 bits per heavy atom. The minimum absolute atomic E-state index is 0.0218. The number of rotatable bonds is 6. The largest absolute Gasteiger partial charge is 0.491 e. The molecular formula is C28H38N2O5. The third kappa shape index (κ3) is 5.30. The van der Waals surface area contributed by atoms with Gasteiger partial charge >= 0.3 is 5.97 Å². The molecule has 1 atom stereocenters. The van der Waals surface area contributed by atoms with Crippen molar-refractivity contribution in [3.63, 3.8) is 0 Å². The number of benzene rings is 1. The van der Waals surface area contributed by atoms with Crippen molar-refractivity contribution in [2.45, 2.75) is 54.0 Å². The van der Waals surface area contributed by atoms with Crippen LogP contribution in [-0.4, -0.2) is 54.0 Å². The lowest BCUT2D eigenvalue weighted by Gasteiger charge is -2.43. The summed E-state index contributed by atoms with van der Waals surface area (Å²) in [6.45, 7) is 13.4. The number of aromatic nitrogens is 1. The Balaban J connectivity index is 2.47. The maximum absolute atomic E-state index is 13.1. The zero-order chi connectivity index (χ0) is 25.9. The van der Waals surface area contributed by atoms with E-state index >= 15 is 0 Å². The molecular weight excluding hydrogens is 444 g/mol. The summed E-state index contributed by atoms with van der Waals surface area (Å²) < 4.78 is 13.1. The Kier molecular flexibility index (Phi) is 8.11. The van der Waals surface area contributed by atoms with Crippen molar-refractivity contribution >= 4 is 17.2 Å². The van der Waals surface area contributed by atoms with Gasteiger partial charge in [-0.15, -0.1) is 0 Å². The molecule has 0 spiro atoms. The second kappa shape index (κ2) is 10.7. The van der Waals surface area contributed by atoms with E-state index in [2.05, 4.69) is 44.1 Å². The average molecular weight is 483 g/mol. The molecule has 1 aliphatic rings. The van der Waals surface area contributed by atoms with Crippen LogP contribution in [0.4, 0.5) is 0 Å². The molecule has 2 aromatic rings. The van der Waals surface area contributed by atoms with Crippen LogP contribution >= 0.6 is 0 Å². The lowest BCUT2D eigenvalue weighted by Crippen LogP contribution is -2.46. The van der Waals surface area contributed by atoms with E-state index in [0.717, 1.165) is 33.8 Å². The number of aliphatic hydroxyl groups is 1. The highest BCUT2D eigenvalue weighted by Crippen LogP contribution is 2.37. The molecule has 0 saturated carbocycles. The molecule has 0 amide bonds. The van der Waals surface area contributed by atoms with Gasteiger partial charge in [-0.05, 0) is 31.7 Å². The second-order valence-electron chi connectivity index (χ2n) is 10.1. The number of nitrogens with zero attached hydrogens (tertiary/aromatic N) is 2. The molecule has 1 N–H and O–H groups in total. The van der Waals surface area contributed by atoms with Crippen LogP contribution < -0.4 is 20.6 Å². The quantitative estimate of drug-likeness (QED) is 0.638. The molecule has 2 heterocycles. The normalized spacial score (nSPS) is 18.2. The van der Waals surface area contributed by atoms with Gasteiger partial charge < -0.3 is 24.0 Å². The van der Waals surface area contributed by atoms with Crippen molar-refractivity contribution in [3.05, 3.63) is 62.4 Å². The van der Waals surface area contributed by atoms with Gasteiger partial charge in [0.1, 0.15) is 17.9 Å². The Bertz CT molecular complexity index is 1270. The number of carbonyl (C=O) groups is 1. The summed E-state index contributed by atoms with van der Waals surface area (Å²) in [4.78, 5) is 27.9. The molecule has 1 unspecified atom stereocenters. The smallest absolute Gasteiger partial charge is 0.343 e. The van der Waals surface area contributed by atoms with Crippen LogP contribution in [0.1, 0.15) is 70.1 Å². The van der Waals surface area contributed by atoms with E-state index in [-0.39, 0.29) is 42.3 Å². The number of hydrogen-bond donors (Lipinski definition) is 1. The summed E-state index contributed by atoms with van der Waals surface area (Å²) in [5.74, 6) is 0.1000. The zero-order valence-electron chi connectivity index (χ0n) is 22.0. The fraction of sp³-hybridized carbons (Fsp3) is 0.500. The number of fused-ring (bicyclic) bond motifs is 1. The molecule has 0 aliphatic carbocycles. The lowest BCUT2D eigenvalue weighted by molar-refractivity contribution is 0.0522. The number of ether oxygens (including phenoxy) is 2. The molecule has 7 nitrogen and oxygen atoms in total. The SMILES string of the molecule is CCOC(=O)c1cn2c(cc1=O)/C(=c1\cccc(OCCO)\c1=C(/C)CC)N(C)CC2C(C)(C)C. The zero-order valence-corrected chi connectivity index (χ0v) is 22.0. The predicted molar refractivity (Wildman–Crippen MR) is 138 cm³/mol. The molecule has 1 aliphatic heterocycles. The van der Waals surface area contributed by atoms with E-state index in [9.17, 15) is 14.7 Å². The minimum Gasteiger partial charge on any atom is -0.491 e. The van der Waals surface area contributed by atoms with Gasteiger partial charge in [-0.1, -0.05) is 45.4 Å². The number of likely N-dealkylation sites (N-methyl/N-ethyl adjacent to an activating group) is 1. The van der Waals surface area contributed by atoms with Gasteiger partial charge in [-0.3, -0.25) is 4.79 Å². The van der Waals surface area contributed by atoms with E-state index in [0.29, 0.717) is 12.3 Å². The molecule has 3 rings (SSSR count). The first-order valence-electron chi connectivity index (χ1n) is 12.3. The summed E-state index contributed by atoms with van der Waals surface area (Å²) in [6, 6.07) is 7.46. The maximum Gasteiger partial charge on any atom is 0.343 e. The molecule has 0 radical (unpaired) electrons. The Morgan fingerprint density at radius 2 is 1.94 bits per heavy atom. The molecule has 1 aromatic heterocycles. The number of pyridine rings is 1. The first-order valence-corrected chi connectivity index (χ1v) is 12.3. The highest BCUT2D eigenvalue weighted by Gasteiger charge is 2.35. The van der Waals surface area contributed by atoms with Gasteiger partial charge in [-0.25, -0.2) is 4.79 Å². The van der Waals surface area contributed by atoms with Crippen molar-refractivity contribution in [2.24, 2.45) is 5.41 Å². The molecule has 1 aromatic carbocycles. The predicted octanol–water partition coefficient (Wildman–Crippen LogP) is 2.67. The number of hydrogen-bond acceptors (Lipinski definition) is 6. The van der Waals surface area contributed by atoms with Gasteiger partial charge in [0, 0.05) is 36.3 Å². The van der Waals surface area contributed by atoms with Gasteiger partial charge in [0.05, 0.1) is 30.6 Å². The van der Waals surface area contributed by atoms with Gasteiger partial charge in [0.25, 0.3) is 0 Å². The van der Waals surface area contributed by atoms with Crippen molar-refractivity contribution in [2.75, 3.05) is 33.4 Å². The Hall–Kier alpha value is -3.06. The fourth-order valence-electron chi connectivity index (χ4n) is 4.65. The molecule has 0 fully saturated rings. The Labute approximate surface area is 207 Å². The van der Waals surface area contributed by atoms with Crippen molar-refractivity contribution < 1.29 is 19.4 Å². The van der Waals surface area contributed by atoms with Crippen LogP contribution in [-0.2, 0) is 4.74 Å². The first kappa shape index (κ1) is 26.5. The van der Waals surface area contributed by atoms with Gasteiger partial charge in [0.2, 0.25) is 0 Å².